The molecule has 3 aromatic carbocycles. The second-order valence-electron chi connectivity index (χ2n) is 7.88. The highest BCUT2D eigenvalue weighted by Gasteiger charge is 2.20. The van der Waals surface area contributed by atoms with Crippen molar-refractivity contribution in [2.24, 2.45) is 0 Å². The molecular weight excluding hydrogens is 502 g/mol. The number of fused-ring (bicyclic) bond motifs is 1. The topological polar surface area (TPSA) is 39.8 Å². The van der Waals surface area contributed by atoms with E-state index in [1.165, 1.54) is 23.1 Å². The fraction of sp³-hybridized carbons (Fsp3) is 0.115. The Bertz CT molecular complexity index is 1600. The average Bonchev–Trinajstić information content (AvgIpc) is 3.15. The first-order valence-electron chi connectivity index (χ1n) is 10.6. The molecule has 0 saturated heterocycles. The molecule has 170 valence electrons. The van der Waals surface area contributed by atoms with Crippen LogP contribution < -0.4 is 5.56 Å². The Morgan fingerprint density at radius 3 is 2.29 bits per heavy atom. The Labute approximate surface area is 215 Å². The summed E-state index contributed by atoms with van der Waals surface area (Å²) in [6, 6.07) is 23.5. The van der Waals surface area contributed by atoms with Crippen molar-refractivity contribution in [3.8, 4) is 11.4 Å². The van der Waals surface area contributed by atoms with Crippen molar-refractivity contribution in [2.75, 3.05) is 0 Å². The van der Waals surface area contributed by atoms with Crippen LogP contribution in [0.3, 0.4) is 0 Å². The molecule has 0 saturated carbocycles. The van der Waals surface area contributed by atoms with Gasteiger partial charge in [-0.2, -0.15) is 0 Å². The molecule has 8 heteroatoms. The van der Waals surface area contributed by atoms with E-state index in [1.54, 1.807) is 4.57 Å². The van der Waals surface area contributed by atoms with Crippen molar-refractivity contribution in [1.29, 1.82) is 0 Å². The third-order valence-corrected chi connectivity index (χ3v) is 8.15. The van der Waals surface area contributed by atoms with Crippen molar-refractivity contribution >= 4 is 57.3 Å². The summed E-state index contributed by atoms with van der Waals surface area (Å²) in [7, 11) is 0. The van der Waals surface area contributed by atoms with Gasteiger partial charge in [0.15, 0.2) is 14.8 Å². The maximum absolute atomic E-state index is 13.8. The minimum absolute atomic E-state index is 0.115. The summed E-state index contributed by atoms with van der Waals surface area (Å²) in [5, 5.41) is 1.31. The van der Waals surface area contributed by atoms with Crippen LogP contribution in [0.15, 0.2) is 82.7 Å². The number of thioether (sulfide) groups is 1. The van der Waals surface area contributed by atoms with E-state index in [9.17, 15) is 4.79 Å². The summed E-state index contributed by atoms with van der Waals surface area (Å²) in [5.41, 5.74) is 5.51. The number of para-hydroxylation sites is 2. The predicted molar refractivity (Wildman–Crippen MR) is 146 cm³/mol. The highest BCUT2D eigenvalue weighted by Crippen LogP contribution is 2.31. The number of aryl methyl sites for hydroxylation is 2. The molecule has 0 spiro atoms. The number of thiazole rings is 1. The number of rotatable bonds is 5. The number of nitrogens with zero attached hydrogens (tertiary/aromatic N) is 3. The van der Waals surface area contributed by atoms with Crippen LogP contribution in [0.1, 0.15) is 16.7 Å². The summed E-state index contributed by atoms with van der Waals surface area (Å²) < 4.78 is 4.79. The van der Waals surface area contributed by atoms with Gasteiger partial charge in [-0.1, -0.05) is 83.2 Å². The fourth-order valence-corrected chi connectivity index (χ4v) is 6.28. The van der Waals surface area contributed by atoms with Gasteiger partial charge in [0.1, 0.15) is 4.70 Å². The minimum atomic E-state index is -0.115. The van der Waals surface area contributed by atoms with Crippen LogP contribution in [0.2, 0.25) is 5.02 Å². The third-order valence-electron chi connectivity index (χ3n) is 5.54. The predicted octanol–water partition coefficient (Wildman–Crippen LogP) is 7.53. The molecule has 0 N–H and O–H groups in total. The van der Waals surface area contributed by atoms with Gasteiger partial charge in [0, 0.05) is 10.8 Å². The summed E-state index contributed by atoms with van der Waals surface area (Å²) in [6.07, 6.45) is 0. The maximum atomic E-state index is 13.8. The van der Waals surface area contributed by atoms with E-state index in [1.807, 2.05) is 65.2 Å². The van der Waals surface area contributed by atoms with Crippen molar-refractivity contribution in [3.63, 3.8) is 0 Å². The lowest BCUT2D eigenvalue weighted by molar-refractivity contribution is 0.811. The van der Waals surface area contributed by atoms with Crippen LogP contribution in [0.5, 0.6) is 0 Å². The quantitative estimate of drug-likeness (QED) is 0.136. The van der Waals surface area contributed by atoms with Gasteiger partial charge >= 0.3 is 0 Å². The van der Waals surface area contributed by atoms with Gasteiger partial charge in [0.25, 0.3) is 5.56 Å². The van der Waals surface area contributed by atoms with Crippen molar-refractivity contribution in [3.05, 3.63) is 109 Å². The SMILES string of the molecule is Cc1cccc(C)c1-n1c(=S)sc2c(=O)n(-c3ccccc3)c(SCc3ccc(Cl)cc3)nc21. The number of halogens is 1. The van der Waals surface area contributed by atoms with Gasteiger partial charge < -0.3 is 0 Å². The molecule has 0 amide bonds. The highest BCUT2D eigenvalue weighted by molar-refractivity contribution is 7.98. The number of hydrogen-bond donors (Lipinski definition) is 0. The van der Waals surface area contributed by atoms with Gasteiger partial charge in [-0.3, -0.25) is 13.9 Å². The molecule has 2 heterocycles. The molecule has 0 aliphatic heterocycles. The lowest BCUT2D eigenvalue weighted by Gasteiger charge is -2.14. The molecule has 34 heavy (non-hydrogen) atoms. The van der Waals surface area contributed by atoms with Crippen LogP contribution in [0, 0.1) is 17.8 Å². The monoisotopic (exact) mass is 521 g/mol. The van der Waals surface area contributed by atoms with Crippen molar-refractivity contribution < 1.29 is 0 Å². The first-order chi connectivity index (χ1) is 16.4. The lowest BCUT2D eigenvalue weighted by Crippen LogP contribution is -2.21. The molecule has 2 aromatic heterocycles. The van der Waals surface area contributed by atoms with Crippen LogP contribution in [-0.4, -0.2) is 14.1 Å². The number of aromatic nitrogens is 3. The van der Waals surface area contributed by atoms with Crippen LogP contribution in [0.25, 0.3) is 21.7 Å². The Balaban J connectivity index is 1.75. The summed E-state index contributed by atoms with van der Waals surface area (Å²) in [4.78, 5) is 18.8. The zero-order chi connectivity index (χ0) is 23.8. The summed E-state index contributed by atoms with van der Waals surface area (Å²) >= 11 is 14.6. The Morgan fingerprint density at radius 1 is 0.941 bits per heavy atom. The van der Waals surface area contributed by atoms with Gasteiger partial charge in [-0.15, -0.1) is 0 Å². The van der Waals surface area contributed by atoms with Gasteiger partial charge in [0.2, 0.25) is 0 Å². The standard InChI is InChI=1S/C26H20ClN3OS3/c1-16-7-6-8-17(2)21(16)30-23-22(34-26(30)32)24(31)29(20-9-4-3-5-10-20)25(28-23)33-15-18-11-13-19(27)14-12-18/h3-14H,15H2,1-2H3. The van der Waals surface area contributed by atoms with E-state index < -0.39 is 0 Å². The summed E-state index contributed by atoms with van der Waals surface area (Å²) in [6.45, 7) is 4.10. The molecule has 5 rings (SSSR count). The molecule has 0 aliphatic rings. The van der Waals surface area contributed by atoms with Crippen molar-refractivity contribution in [1.82, 2.24) is 14.1 Å². The molecule has 5 aromatic rings. The molecule has 0 fully saturated rings. The Hall–Kier alpha value is -2.71. The zero-order valence-corrected chi connectivity index (χ0v) is 21.7. The normalized spacial score (nSPS) is 11.3. The molecule has 0 atom stereocenters. The highest BCUT2D eigenvalue weighted by atomic mass is 35.5. The lowest BCUT2D eigenvalue weighted by atomic mass is 10.1. The molecular formula is C26H20ClN3OS3. The van der Waals surface area contributed by atoms with E-state index in [-0.39, 0.29) is 5.56 Å². The minimum Gasteiger partial charge on any atom is -0.275 e. The second kappa shape index (κ2) is 9.50. The van der Waals surface area contributed by atoms with E-state index in [0.29, 0.717) is 30.2 Å². The number of benzene rings is 3. The first kappa shape index (κ1) is 23.1. The van der Waals surface area contributed by atoms with E-state index in [0.717, 1.165) is 28.1 Å². The van der Waals surface area contributed by atoms with Crippen molar-refractivity contribution in [2.45, 2.75) is 24.8 Å². The van der Waals surface area contributed by atoms with E-state index in [4.69, 9.17) is 28.8 Å². The smallest absolute Gasteiger partial charge is 0.275 e. The maximum Gasteiger partial charge on any atom is 0.278 e. The van der Waals surface area contributed by atoms with Crippen LogP contribution in [0.4, 0.5) is 0 Å². The Morgan fingerprint density at radius 2 is 1.62 bits per heavy atom. The fourth-order valence-electron chi connectivity index (χ4n) is 3.92. The van der Waals surface area contributed by atoms with Gasteiger partial charge in [-0.05, 0) is 67.0 Å². The van der Waals surface area contributed by atoms with Gasteiger partial charge in [-0.25, -0.2) is 4.98 Å². The van der Waals surface area contributed by atoms with E-state index >= 15 is 0 Å². The molecule has 0 unspecified atom stereocenters. The van der Waals surface area contributed by atoms with E-state index in [2.05, 4.69) is 26.0 Å². The third kappa shape index (κ3) is 4.25. The Kier molecular flexibility index (Phi) is 6.44. The molecule has 0 aliphatic carbocycles. The van der Waals surface area contributed by atoms with Crippen LogP contribution in [-0.2, 0) is 5.75 Å². The largest absolute Gasteiger partial charge is 0.278 e. The first-order valence-corrected chi connectivity index (χ1v) is 13.2. The molecule has 0 bridgehead atoms. The molecule has 4 nitrogen and oxygen atoms in total. The molecule has 0 radical (unpaired) electrons. The van der Waals surface area contributed by atoms with Crippen LogP contribution >= 0.6 is 46.9 Å². The second-order valence-corrected chi connectivity index (χ2v) is 10.9. The number of hydrogen-bond acceptors (Lipinski definition) is 5. The summed E-state index contributed by atoms with van der Waals surface area (Å²) in [5.74, 6) is 0.649. The zero-order valence-electron chi connectivity index (χ0n) is 18.5. The van der Waals surface area contributed by atoms with Gasteiger partial charge in [0.05, 0.1) is 11.4 Å². The average molecular weight is 522 g/mol.